The first-order valence-electron chi connectivity index (χ1n) is 8.08. The summed E-state index contributed by atoms with van der Waals surface area (Å²) in [6.07, 6.45) is 0.977. The maximum atomic E-state index is 12.1. The van der Waals surface area contributed by atoms with Crippen LogP contribution in [0.3, 0.4) is 0 Å². The first-order valence-corrected chi connectivity index (χ1v) is 8.96. The van der Waals surface area contributed by atoms with E-state index in [1.165, 1.54) is 16.9 Å². The van der Waals surface area contributed by atoms with Crippen LogP contribution in [0, 0.1) is 0 Å². The first-order chi connectivity index (χ1) is 11.5. The Morgan fingerprint density at radius 2 is 1.96 bits per heavy atom. The van der Waals surface area contributed by atoms with Crippen molar-refractivity contribution in [1.82, 2.24) is 10.3 Å². The number of amides is 1. The molecule has 0 unspecified atom stereocenters. The van der Waals surface area contributed by atoms with E-state index in [0.717, 1.165) is 23.4 Å². The second kappa shape index (κ2) is 8.59. The number of rotatable bonds is 7. The normalized spacial score (nSPS) is 11.8. The third-order valence-corrected chi connectivity index (χ3v) is 4.42. The number of ether oxygens (including phenoxy) is 1. The number of carbonyl (C=O) groups is 2. The minimum atomic E-state index is -0.835. The van der Waals surface area contributed by atoms with Crippen LogP contribution in [0.2, 0.25) is 0 Å². The van der Waals surface area contributed by atoms with Gasteiger partial charge in [-0.05, 0) is 25.3 Å². The number of thiazole rings is 1. The summed E-state index contributed by atoms with van der Waals surface area (Å²) < 4.78 is 5.17. The molecule has 0 aliphatic rings. The summed E-state index contributed by atoms with van der Waals surface area (Å²) in [5.41, 5.74) is 2.44. The van der Waals surface area contributed by atoms with E-state index in [4.69, 9.17) is 4.74 Å². The van der Waals surface area contributed by atoms with Crippen LogP contribution in [-0.2, 0) is 16.0 Å². The summed E-state index contributed by atoms with van der Waals surface area (Å²) in [7, 11) is 0. The smallest absolute Gasteiger partial charge is 0.358 e. The highest BCUT2D eigenvalue weighted by Gasteiger charge is 2.20. The predicted octanol–water partition coefficient (Wildman–Crippen LogP) is 3.44. The molecule has 1 aromatic carbocycles. The van der Waals surface area contributed by atoms with Crippen molar-refractivity contribution in [3.05, 3.63) is 40.9 Å². The number of aryl methyl sites for hydroxylation is 1. The summed E-state index contributed by atoms with van der Waals surface area (Å²) in [6, 6.07) is 8.09. The summed E-state index contributed by atoms with van der Waals surface area (Å²) >= 11 is 1.38. The molecule has 1 amide bonds. The molecule has 0 aliphatic heterocycles. The third kappa shape index (κ3) is 4.64. The minimum Gasteiger partial charge on any atom is -0.448 e. The number of esters is 1. The van der Waals surface area contributed by atoms with E-state index in [2.05, 4.69) is 29.4 Å². The van der Waals surface area contributed by atoms with Crippen molar-refractivity contribution in [2.75, 3.05) is 6.54 Å². The fraction of sp³-hybridized carbons (Fsp3) is 0.389. The lowest BCUT2D eigenvalue weighted by Crippen LogP contribution is -2.36. The second-order valence-electron chi connectivity index (χ2n) is 5.43. The lowest BCUT2D eigenvalue weighted by atomic mass is 10.1. The monoisotopic (exact) mass is 346 g/mol. The zero-order valence-electron chi connectivity index (χ0n) is 14.2. The molecule has 6 heteroatoms. The molecule has 0 aliphatic carbocycles. The summed E-state index contributed by atoms with van der Waals surface area (Å²) in [6.45, 7) is 6.18. The van der Waals surface area contributed by atoms with Crippen molar-refractivity contribution in [1.29, 1.82) is 0 Å². The molecule has 0 bridgehead atoms. The average molecular weight is 346 g/mol. The van der Waals surface area contributed by atoms with E-state index >= 15 is 0 Å². The molecule has 0 saturated carbocycles. The number of nitrogens with zero attached hydrogens (tertiary/aromatic N) is 1. The van der Waals surface area contributed by atoms with Gasteiger partial charge in [-0.25, -0.2) is 9.78 Å². The van der Waals surface area contributed by atoms with Crippen LogP contribution in [0.4, 0.5) is 0 Å². The van der Waals surface area contributed by atoms with Crippen LogP contribution in [0.1, 0.15) is 43.2 Å². The van der Waals surface area contributed by atoms with Gasteiger partial charge in [-0.3, -0.25) is 4.79 Å². The fourth-order valence-electron chi connectivity index (χ4n) is 2.05. The number of hydrogen-bond acceptors (Lipinski definition) is 5. The van der Waals surface area contributed by atoms with Crippen LogP contribution < -0.4 is 5.32 Å². The van der Waals surface area contributed by atoms with Gasteiger partial charge in [0.05, 0.1) is 0 Å². The molecule has 0 radical (unpaired) electrons. The number of nitrogens with one attached hydrogen (secondary N) is 1. The minimum absolute atomic E-state index is 0.227. The van der Waals surface area contributed by atoms with Crippen molar-refractivity contribution in [3.8, 4) is 10.6 Å². The molecule has 0 fully saturated rings. The number of benzene rings is 1. The second-order valence-corrected chi connectivity index (χ2v) is 6.29. The molecule has 1 aromatic heterocycles. The molecule has 2 rings (SSSR count). The van der Waals surface area contributed by atoms with Gasteiger partial charge in [0.1, 0.15) is 5.01 Å². The van der Waals surface area contributed by atoms with Crippen molar-refractivity contribution in [3.63, 3.8) is 0 Å². The molecular formula is C18H22N2O3S. The van der Waals surface area contributed by atoms with E-state index in [1.807, 2.05) is 19.1 Å². The molecule has 1 N–H and O–H groups in total. The SMILES string of the molecule is CCCNC(=O)[C@H](C)OC(=O)c1csc(-c2ccc(CC)cc2)n1. The molecule has 5 nitrogen and oxygen atoms in total. The number of carbonyl (C=O) groups excluding carboxylic acids is 2. The lowest BCUT2D eigenvalue weighted by molar-refractivity contribution is -0.129. The topological polar surface area (TPSA) is 68.3 Å². The summed E-state index contributed by atoms with van der Waals surface area (Å²) in [5, 5.41) is 5.11. The maximum Gasteiger partial charge on any atom is 0.358 e. The number of hydrogen-bond donors (Lipinski definition) is 1. The molecule has 0 spiro atoms. The average Bonchev–Trinajstić information content (AvgIpc) is 3.09. The van der Waals surface area contributed by atoms with E-state index < -0.39 is 12.1 Å². The van der Waals surface area contributed by atoms with Crippen molar-refractivity contribution in [2.45, 2.75) is 39.7 Å². The van der Waals surface area contributed by atoms with Gasteiger partial charge in [-0.2, -0.15) is 0 Å². The Balaban J connectivity index is 2.01. The standard InChI is InChI=1S/C18H22N2O3S/c1-4-10-19-16(21)12(3)23-18(22)15-11-24-17(20-15)14-8-6-13(5-2)7-9-14/h6-9,11-12H,4-5,10H2,1-3H3,(H,19,21)/t12-/m0/s1. The number of aromatic nitrogens is 1. The summed E-state index contributed by atoms with van der Waals surface area (Å²) in [5.74, 6) is -0.877. The van der Waals surface area contributed by atoms with Gasteiger partial charge in [-0.15, -0.1) is 11.3 Å². The molecule has 2 aromatic rings. The van der Waals surface area contributed by atoms with Gasteiger partial charge in [0.15, 0.2) is 11.8 Å². The Morgan fingerprint density at radius 3 is 2.58 bits per heavy atom. The van der Waals surface area contributed by atoms with Gasteiger partial charge in [0.25, 0.3) is 5.91 Å². The van der Waals surface area contributed by atoms with Crippen LogP contribution >= 0.6 is 11.3 Å². The van der Waals surface area contributed by atoms with Gasteiger partial charge >= 0.3 is 5.97 Å². The predicted molar refractivity (Wildman–Crippen MR) is 95.1 cm³/mol. The zero-order valence-corrected chi connectivity index (χ0v) is 15.0. The molecule has 1 heterocycles. The Labute approximate surface area is 146 Å². The maximum absolute atomic E-state index is 12.1. The molecular weight excluding hydrogens is 324 g/mol. The van der Waals surface area contributed by atoms with E-state index in [0.29, 0.717) is 6.54 Å². The van der Waals surface area contributed by atoms with E-state index in [-0.39, 0.29) is 11.6 Å². The Kier molecular flexibility index (Phi) is 6.49. The van der Waals surface area contributed by atoms with Crippen LogP contribution in [0.25, 0.3) is 10.6 Å². The molecule has 0 saturated heterocycles. The van der Waals surface area contributed by atoms with Crippen molar-refractivity contribution < 1.29 is 14.3 Å². The Hall–Kier alpha value is -2.21. The fourth-order valence-corrected chi connectivity index (χ4v) is 2.84. The highest BCUT2D eigenvalue weighted by atomic mass is 32.1. The first kappa shape index (κ1) is 18.1. The largest absolute Gasteiger partial charge is 0.448 e. The highest BCUT2D eigenvalue weighted by Crippen LogP contribution is 2.24. The van der Waals surface area contributed by atoms with Gasteiger partial charge in [-0.1, -0.05) is 38.1 Å². The van der Waals surface area contributed by atoms with E-state index in [9.17, 15) is 9.59 Å². The zero-order chi connectivity index (χ0) is 17.5. The Morgan fingerprint density at radius 1 is 1.25 bits per heavy atom. The van der Waals surface area contributed by atoms with Crippen LogP contribution in [0.5, 0.6) is 0 Å². The molecule has 24 heavy (non-hydrogen) atoms. The quantitative estimate of drug-likeness (QED) is 0.780. The van der Waals surface area contributed by atoms with Crippen molar-refractivity contribution >= 4 is 23.2 Å². The van der Waals surface area contributed by atoms with E-state index in [1.54, 1.807) is 12.3 Å². The van der Waals surface area contributed by atoms with Gasteiger partial charge in [0.2, 0.25) is 0 Å². The van der Waals surface area contributed by atoms with Gasteiger partial charge in [0, 0.05) is 17.5 Å². The molecule has 1 atom stereocenters. The van der Waals surface area contributed by atoms with Crippen LogP contribution in [0.15, 0.2) is 29.6 Å². The molecule has 128 valence electrons. The highest BCUT2D eigenvalue weighted by molar-refractivity contribution is 7.13. The lowest BCUT2D eigenvalue weighted by Gasteiger charge is -2.12. The van der Waals surface area contributed by atoms with Crippen LogP contribution in [-0.4, -0.2) is 29.5 Å². The Bertz CT molecular complexity index is 695. The van der Waals surface area contributed by atoms with Gasteiger partial charge < -0.3 is 10.1 Å². The summed E-state index contributed by atoms with van der Waals surface area (Å²) in [4.78, 5) is 28.2. The third-order valence-electron chi connectivity index (χ3n) is 3.52. The van der Waals surface area contributed by atoms with Crippen molar-refractivity contribution in [2.24, 2.45) is 0 Å².